The van der Waals surface area contributed by atoms with Gasteiger partial charge in [0, 0.05) is 33.9 Å². The topological polar surface area (TPSA) is 29.1 Å². The monoisotopic (exact) mass is 259 g/mol. The highest BCUT2D eigenvalue weighted by atomic mass is 35.5. The van der Waals surface area contributed by atoms with E-state index in [1.807, 2.05) is 24.3 Å². The van der Waals surface area contributed by atoms with Gasteiger partial charge in [-0.2, -0.15) is 0 Å². The average molecular weight is 260 g/mol. The molecule has 0 saturated heterocycles. The van der Waals surface area contributed by atoms with Crippen LogP contribution in [0.1, 0.15) is 18.9 Å². The van der Waals surface area contributed by atoms with Gasteiger partial charge in [-0.3, -0.25) is 4.21 Å². The first-order valence-corrected chi connectivity index (χ1v) is 7.39. The van der Waals surface area contributed by atoms with Gasteiger partial charge in [0.1, 0.15) is 0 Å². The van der Waals surface area contributed by atoms with E-state index in [0.717, 1.165) is 30.1 Å². The van der Waals surface area contributed by atoms with Gasteiger partial charge in [0.25, 0.3) is 0 Å². The molecule has 0 spiro atoms. The summed E-state index contributed by atoms with van der Waals surface area (Å²) in [6.45, 7) is 3.95. The lowest BCUT2D eigenvalue weighted by atomic mass is 10.2. The van der Waals surface area contributed by atoms with Gasteiger partial charge in [-0.05, 0) is 30.7 Å². The second kappa shape index (κ2) is 7.82. The van der Waals surface area contributed by atoms with Crippen LogP contribution in [0.15, 0.2) is 24.3 Å². The minimum Gasteiger partial charge on any atom is -0.316 e. The number of hydrogen-bond donors (Lipinski definition) is 1. The fourth-order valence-electron chi connectivity index (χ4n) is 1.33. The number of rotatable bonds is 7. The maximum Gasteiger partial charge on any atom is 0.0486 e. The molecule has 1 aromatic carbocycles. The first kappa shape index (κ1) is 13.7. The van der Waals surface area contributed by atoms with Crippen LogP contribution < -0.4 is 5.32 Å². The van der Waals surface area contributed by atoms with Crippen molar-refractivity contribution in [2.75, 3.05) is 18.8 Å². The summed E-state index contributed by atoms with van der Waals surface area (Å²) in [5.74, 6) is 1.33. The summed E-state index contributed by atoms with van der Waals surface area (Å²) < 4.78 is 11.7. The van der Waals surface area contributed by atoms with Gasteiger partial charge < -0.3 is 5.32 Å². The summed E-state index contributed by atoms with van der Waals surface area (Å²) >= 11 is 5.78. The van der Waals surface area contributed by atoms with E-state index in [2.05, 4.69) is 12.2 Å². The molecule has 0 aliphatic rings. The summed E-state index contributed by atoms with van der Waals surface area (Å²) in [7, 11) is -0.787. The third-order valence-electron chi connectivity index (χ3n) is 2.17. The second-order valence-corrected chi connectivity index (χ2v) is 5.68. The van der Waals surface area contributed by atoms with E-state index in [0.29, 0.717) is 11.5 Å². The number of hydrogen-bond acceptors (Lipinski definition) is 2. The summed E-state index contributed by atoms with van der Waals surface area (Å²) in [6, 6.07) is 7.53. The Balaban J connectivity index is 2.26. The molecule has 16 heavy (non-hydrogen) atoms. The van der Waals surface area contributed by atoms with Crippen molar-refractivity contribution in [1.29, 1.82) is 0 Å². The molecule has 1 atom stereocenters. The van der Waals surface area contributed by atoms with Crippen molar-refractivity contribution in [1.82, 2.24) is 5.32 Å². The van der Waals surface area contributed by atoms with Crippen molar-refractivity contribution in [2.45, 2.75) is 19.1 Å². The Morgan fingerprint density at radius 2 is 1.94 bits per heavy atom. The minimum atomic E-state index is -0.787. The number of halogens is 1. The molecule has 0 aliphatic carbocycles. The zero-order valence-electron chi connectivity index (χ0n) is 9.54. The molecule has 0 saturated carbocycles. The van der Waals surface area contributed by atoms with Crippen molar-refractivity contribution in [3.63, 3.8) is 0 Å². The quantitative estimate of drug-likeness (QED) is 0.763. The van der Waals surface area contributed by atoms with Crippen LogP contribution >= 0.6 is 11.6 Å². The highest BCUT2D eigenvalue weighted by Gasteiger charge is 2.01. The van der Waals surface area contributed by atoms with E-state index in [-0.39, 0.29) is 0 Å². The molecule has 0 aromatic heterocycles. The van der Waals surface area contributed by atoms with E-state index in [1.165, 1.54) is 0 Å². The van der Waals surface area contributed by atoms with Gasteiger partial charge in [-0.25, -0.2) is 0 Å². The molecule has 4 heteroatoms. The van der Waals surface area contributed by atoms with Crippen LogP contribution in [0.25, 0.3) is 0 Å². The standard InChI is InChI=1S/C12H18ClNOS/c1-2-7-14-8-9-16(15)10-11-3-5-12(13)6-4-11/h3-6,14H,2,7-10H2,1H3. The molecule has 0 aliphatic heterocycles. The second-order valence-electron chi connectivity index (χ2n) is 3.66. The van der Waals surface area contributed by atoms with E-state index in [9.17, 15) is 4.21 Å². The Morgan fingerprint density at radius 1 is 1.25 bits per heavy atom. The molecular formula is C12H18ClNOS. The zero-order chi connectivity index (χ0) is 11.8. The number of nitrogens with one attached hydrogen (secondary N) is 1. The minimum absolute atomic E-state index is 0.616. The predicted octanol–water partition coefficient (Wildman–Crippen LogP) is 2.59. The van der Waals surface area contributed by atoms with Gasteiger partial charge in [0.05, 0.1) is 0 Å². The number of benzene rings is 1. The first-order valence-electron chi connectivity index (χ1n) is 5.52. The maximum atomic E-state index is 11.7. The molecule has 0 radical (unpaired) electrons. The molecule has 90 valence electrons. The molecule has 0 amide bonds. The Bertz CT molecular complexity index is 326. The van der Waals surface area contributed by atoms with Gasteiger partial charge in [-0.1, -0.05) is 30.7 Å². The summed E-state index contributed by atoms with van der Waals surface area (Å²) in [6.07, 6.45) is 1.11. The van der Waals surface area contributed by atoms with Crippen LogP contribution in [0.4, 0.5) is 0 Å². The smallest absolute Gasteiger partial charge is 0.0486 e. The normalized spacial score (nSPS) is 12.6. The van der Waals surface area contributed by atoms with E-state index in [1.54, 1.807) is 0 Å². The Labute approximate surface area is 105 Å². The lowest BCUT2D eigenvalue weighted by molar-refractivity contribution is 0.669. The molecule has 1 rings (SSSR count). The molecule has 0 bridgehead atoms. The maximum absolute atomic E-state index is 11.7. The lowest BCUT2D eigenvalue weighted by Gasteiger charge is -2.04. The van der Waals surface area contributed by atoms with Gasteiger partial charge in [0.2, 0.25) is 0 Å². The summed E-state index contributed by atoms with van der Waals surface area (Å²) in [4.78, 5) is 0. The van der Waals surface area contributed by atoms with Gasteiger partial charge in [-0.15, -0.1) is 0 Å². The predicted molar refractivity (Wildman–Crippen MR) is 71.3 cm³/mol. The van der Waals surface area contributed by atoms with Crippen LogP contribution in [0.5, 0.6) is 0 Å². The molecule has 1 aromatic rings. The van der Waals surface area contributed by atoms with Crippen LogP contribution in [-0.4, -0.2) is 23.1 Å². The van der Waals surface area contributed by atoms with Crippen molar-refractivity contribution in [3.8, 4) is 0 Å². The summed E-state index contributed by atoms with van der Waals surface area (Å²) in [5, 5.41) is 3.97. The third kappa shape index (κ3) is 5.64. The third-order valence-corrected chi connectivity index (χ3v) is 3.74. The zero-order valence-corrected chi connectivity index (χ0v) is 11.1. The molecule has 0 heterocycles. The fraction of sp³-hybridized carbons (Fsp3) is 0.500. The van der Waals surface area contributed by atoms with Crippen LogP contribution in [-0.2, 0) is 16.6 Å². The van der Waals surface area contributed by atoms with Gasteiger partial charge >= 0.3 is 0 Å². The van der Waals surface area contributed by atoms with E-state index in [4.69, 9.17) is 11.6 Å². The van der Waals surface area contributed by atoms with Crippen molar-refractivity contribution in [3.05, 3.63) is 34.9 Å². The van der Waals surface area contributed by atoms with Crippen LogP contribution in [0.2, 0.25) is 5.02 Å². The SMILES string of the molecule is CCCNCCS(=O)Cc1ccc(Cl)cc1. The van der Waals surface area contributed by atoms with Crippen LogP contribution in [0.3, 0.4) is 0 Å². The van der Waals surface area contributed by atoms with E-state index >= 15 is 0 Å². The van der Waals surface area contributed by atoms with Crippen molar-refractivity contribution >= 4 is 22.4 Å². The molecular weight excluding hydrogens is 242 g/mol. The Morgan fingerprint density at radius 3 is 2.56 bits per heavy atom. The fourth-order valence-corrected chi connectivity index (χ4v) is 2.53. The molecule has 0 fully saturated rings. The Kier molecular flexibility index (Phi) is 6.69. The first-order chi connectivity index (χ1) is 7.72. The van der Waals surface area contributed by atoms with E-state index < -0.39 is 10.8 Å². The summed E-state index contributed by atoms with van der Waals surface area (Å²) in [5.41, 5.74) is 1.08. The van der Waals surface area contributed by atoms with Gasteiger partial charge in [0.15, 0.2) is 0 Å². The molecule has 1 unspecified atom stereocenters. The molecule has 2 nitrogen and oxygen atoms in total. The van der Waals surface area contributed by atoms with Crippen molar-refractivity contribution in [2.24, 2.45) is 0 Å². The largest absolute Gasteiger partial charge is 0.316 e. The highest BCUT2D eigenvalue weighted by molar-refractivity contribution is 7.84. The Hall–Kier alpha value is -0.380. The molecule has 1 N–H and O–H groups in total. The van der Waals surface area contributed by atoms with Crippen LogP contribution in [0, 0.1) is 0 Å². The highest BCUT2D eigenvalue weighted by Crippen LogP contribution is 2.10. The van der Waals surface area contributed by atoms with Crippen molar-refractivity contribution < 1.29 is 4.21 Å². The lowest BCUT2D eigenvalue weighted by Crippen LogP contribution is -2.21. The average Bonchev–Trinajstić information content (AvgIpc) is 2.28.